The van der Waals surface area contributed by atoms with Crippen LogP contribution in [-0.4, -0.2) is 52.9 Å². The number of fused-ring (bicyclic) bond motifs is 1. The van der Waals surface area contributed by atoms with Gasteiger partial charge >= 0.3 is 12.1 Å². The summed E-state index contributed by atoms with van der Waals surface area (Å²) in [5.74, 6) is -2.52. The minimum atomic E-state index is -1.66. The maximum atomic E-state index is 14.2. The van der Waals surface area contributed by atoms with E-state index in [0.717, 1.165) is 4.90 Å². The first kappa shape index (κ1) is 24.0. The molecule has 180 valence electrons. The lowest BCUT2D eigenvalue weighted by Gasteiger charge is -2.34. The highest BCUT2D eigenvalue weighted by atomic mass is 16.6. The zero-order valence-corrected chi connectivity index (χ0v) is 20.0. The van der Waals surface area contributed by atoms with Crippen LogP contribution in [0.15, 0.2) is 65.8 Å². The van der Waals surface area contributed by atoms with Gasteiger partial charge < -0.3 is 9.47 Å². The lowest BCUT2D eigenvalue weighted by atomic mass is 9.76. The van der Waals surface area contributed by atoms with Crippen LogP contribution in [0.1, 0.15) is 32.8 Å². The Balaban J connectivity index is 1.98. The highest BCUT2D eigenvalue weighted by Gasteiger charge is 2.71. The predicted octanol–water partition coefficient (Wildman–Crippen LogP) is 3.50. The number of amides is 2. The fourth-order valence-electron chi connectivity index (χ4n) is 4.69. The van der Waals surface area contributed by atoms with Gasteiger partial charge in [0, 0.05) is 0 Å². The number of anilines is 1. The molecule has 0 bridgehead atoms. The molecule has 0 aromatic heterocycles. The maximum absolute atomic E-state index is 14.2. The molecule has 2 heterocycles. The molecule has 0 N–H and O–H groups in total. The van der Waals surface area contributed by atoms with Crippen molar-refractivity contribution in [1.29, 1.82) is 5.26 Å². The highest BCUT2D eigenvalue weighted by molar-refractivity contribution is 6.19. The number of benzene rings is 2. The summed E-state index contributed by atoms with van der Waals surface area (Å²) < 4.78 is 10.6. The maximum Gasteiger partial charge on any atom is 0.417 e. The molecule has 0 aliphatic carbocycles. The molecule has 2 aromatic rings. The number of ether oxygens (including phenoxy) is 2. The van der Waals surface area contributed by atoms with Crippen molar-refractivity contribution >= 4 is 29.4 Å². The molecular weight excluding hydrogens is 448 g/mol. The molecule has 0 radical (unpaired) electrons. The number of hydrazone groups is 1. The minimum absolute atomic E-state index is 0.321. The number of para-hydroxylation sites is 1. The minimum Gasteiger partial charge on any atom is -0.467 e. The topological polar surface area (TPSA) is 112 Å². The number of hydrogen-bond donors (Lipinski definition) is 0. The number of carbonyl (C=O) groups excluding carboxylic acids is 3. The molecule has 1 fully saturated rings. The number of likely N-dealkylation sites (tertiary alicyclic amines) is 1. The molecule has 2 aliphatic rings. The second-order valence-corrected chi connectivity index (χ2v) is 9.36. The van der Waals surface area contributed by atoms with Crippen LogP contribution >= 0.6 is 0 Å². The second-order valence-electron chi connectivity index (χ2n) is 9.36. The number of methoxy groups -OCH3 is 1. The van der Waals surface area contributed by atoms with E-state index in [2.05, 4.69) is 6.07 Å². The van der Waals surface area contributed by atoms with E-state index in [-0.39, 0.29) is 6.42 Å². The molecule has 35 heavy (non-hydrogen) atoms. The smallest absolute Gasteiger partial charge is 0.417 e. The van der Waals surface area contributed by atoms with Crippen LogP contribution in [-0.2, 0) is 19.1 Å². The lowest BCUT2D eigenvalue weighted by molar-refractivity contribution is -0.149. The number of nitriles is 1. The Morgan fingerprint density at radius 3 is 2.23 bits per heavy atom. The number of imide groups is 1. The van der Waals surface area contributed by atoms with Gasteiger partial charge in [-0.25, -0.2) is 19.5 Å². The molecule has 2 aliphatic heterocycles. The Morgan fingerprint density at radius 1 is 1.09 bits per heavy atom. The van der Waals surface area contributed by atoms with Gasteiger partial charge in [-0.15, -0.1) is 0 Å². The summed E-state index contributed by atoms with van der Waals surface area (Å²) in [6.07, 6.45) is -1.30. The van der Waals surface area contributed by atoms with Crippen molar-refractivity contribution in [2.45, 2.75) is 44.4 Å². The molecule has 2 aromatic carbocycles. The number of hydrogen-bond acceptors (Lipinski definition) is 8. The van der Waals surface area contributed by atoms with Crippen LogP contribution in [0.4, 0.5) is 10.5 Å². The van der Waals surface area contributed by atoms with Gasteiger partial charge in [0.2, 0.25) is 0 Å². The van der Waals surface area contributed by atoms with E-state index < -0.39 is 41.1 Å². The van der Waals surface area contributed by atoms with Gasteiger partial charge in [0.15, 0.2) is 11.6 Å². The highest BCUT2D eigenvalue weighted by Crippen LogP contribution is 2.50. The normalized spacial score (nSPS) is 23.4. The zero-order chi connectivity index (χ0) is 25.4. The van der Waals surface area contributed by atoms with E-state index in [4.69, 9.17) is 14.6 Å². The number of nitrogens with zero attached hydrogens (tertiary/aromatic N) is 4. The standard InChI is InChI=1S/C26H26N4O5/c1-25(2,3)35-24(33)29-21(22(31)34-4)19-20(17-11-7-5-8-12-17)28-30(18-13-9-6-10-14-18)26(19,15-16-27)23(29)32/h5-14,19,21H,15H2,1-4H3/t19?,21-,26+/m0/s1. The second kappa shape index (κ2) is 8.87. The Hall–Kier alpha value is -4.19. The Bertz CT molecular complexity index is 1220. The summed E-state index contributed by atoms with van der Waals surface area (Å²) in [5, 5.41) is 16.1. The van der Waals surface area contributed by atoms with Gasteiger partial charge in [-0.3, -0.25) is 4.79 Å². The summed E-state index contributed by atoms with van der Waals surface area (Å²) in [6, 6.07) is 18.7. The van der Waals surface area contributed by atoms with Gasteiger partial charge in [-0.2, -0.15) is 10.4 Å². The summed E-state index contributed by atoms with van der Waals surface area (Å²) in [6.45, 7) is 4.99. The van der Waals surface area contributed by atoms with Crippen LogP contribution in [0.2, 0.25) is 0 Å². The van der Waals surface area contributed by atoms with E-state index >= 15 is 0 Å². The molecule has 4 rings (SSSR count). The van der Waals surface area contributed by atoms with Crippen molar-refractivity contribution in [3.8, 4) is 6.07 Å². The van der Waals surface area contributed by atoms with Crippen LogP contribution in [0.3, 0.4) is 0 Å². The van der Waals surface area contributed by atoms with Crippen molar-refractivity contribution < 1.29 is 23.9 Å². The monoisotopic (exact) mass is 474 g/mol. The van der Waals surface area contributed by atoms with Crippen LogP contribution in [0.5, 0.6) is 0 Å². The average molecular weight is 475 g/mol. The Labute approximate surface area is 203 Å². The third kappa shape index (κ3) is 3.91. The summed E-state index contributed by atoms with van der Waals surface area (Å²) in [5.41, 5.74) is -0.975. The van der Waals surface area contributed by atoms with Gasteiger partial charge in [0.05, 0.1) is 36.9 Å². The molecule has 1 saturated heterocycles. The third-order valence-electron chi connectivity index (χ3n) is 6.03. The van der Waals surface area contributed by atoms with E-state index in [9.17, 15) is 19.6 Å². The molecule has 9 heteroatoms. The third-order valence-corrected chi connectivity index (χ3v) is 6.03. The Morgan fingerprint density at radius 2 is 1.69 bits per heavy atom. The zero-order valence-electron chi connectivity index (χ0n) is 20.0. The van der Waals surface area contributed by atoms with E-state index in [1.807, 2.05) is 24.3 Å². The quantitative estimate of drug-likeness (QED) is 0.624. The van der Waals surface area contributed by atoms with E-state index in [1.54, 1.807) is 57.2 Å². The average Bonchev–Trinajstić information content (AvgIpc) is 3.29. The van der Waals surface area contributed by atoms with Gasteiger partial charge in [-0.1, -0.05) is 48.5 Å². The summed E-state index contributed by atoms with van der Waals surface area (Å²) >= 11 is 0. The van der Waals surface area contributed by atoms with Crippen molar-refractivity contribution in [2.75, 3.05) is 12.1 Å². The predicted molar refractivity (Wildman–Crippen MR) is 127 cm³/mol. The van der Waals surface area contributed by atoms with Gasteiger partial charge in [0.1, 0.15) is 5.60 Å². The van der Waals surface area contributed by atoms with Crippen molar-refractivity contribution in [3.05, 3.63) is 66.2 Å². The SMILES string of the molecule is COC(=O)[C@@H]1C2C(c3ccccc3)=NN(c3ccccc3)[C@@]2(CC#N)C(=O)N1C(=O)OC(C)(C)C. The van der Waals surface area contributed by atoms with Crippen molar-refractivity contribution in [2.24, 2.45) is 11.0 Å². The van der Waals surface area contributed by atoms with Gasteiger partial charge in [-0.05, 0) is 38.5 Å². The summed E-state index contributed by atoms with van der Waals surface area (Å²) in [7, 11) is 1.19. The van der Waals surface area contributed by atoms with Crippen LogP contribution in [0, 0.1) is 17.2 Å². The van der Waals surface area contributed by atoms with Crippen molar-refractivity contribution in [1.82, 2.24) is 4.90 Å². The first-order chi connectivity index (χ1) is 16.7. The molecule has 0 saturated carbocycles. The molecule has 2 amide bonds. The fourth-order valence-corrected chi connectivity index (χ4v) is 4.69. The van der Waals surface area contributed by atoms with Crippen LogP contribution < -0.4 is 5.01 Å². The molecule has 0 spiro atoms. The fraction of sp³-hybridized carbons (Fsp3) is 0.346. The lowest BCUT2D eigenvalue weighted by Crippen LogP contribution is -2.54. The van der Waals surface area contributed by atoms with E-state index in [0.29, 0.717) is 17.0 Å². The number of rotatable bonds is 4. The molecular formula is C26H26N4O5. The number of esters is 1. The van der Waals surface area contributed by atoms with Crippen LogP contribution in [0.25, 0.3) is 0 Å². The Kier molecular flexibility index (Phi) is 6.07. The molecule has 9 nitrogen and oxygen atoms in total. The van der Waals surface area contributed by atoms with Crippen molar-refractivity contribution in [3.63, 3.8) is 0 Å². The van der Waals surface area contributed by atoms with Gasteiger partial charge in [0.25, 0.3) is 5.91 Å². The first-order valence-corrected chi connectivity index (χ1v) is 11.2. The first-order valence-electron chi connectivity index (χ1n) is 11.2. The molecule has 3 atom stereocenters. The van der Waals surface area contributed by atoms with E-state index in [1.165, 1.54) is 12.1 Å². The summed E-state index contributed by atoms with van der Waals surface area (Å²) in [4.78, 5) is 41.4. The molecule has 1 unspecified atom stereocenters. The number of carbonyl (C=O) groups is 3. The largest absolute Gasteiger partial charge is 0.467 e.